The van der Waals surface area contributed by atoms with E-state index in [0.29, 0.717) is 17.1 Å². The monoisotopic (exact) mass is 572 g/mol. The van der Waals surface area contributed by atoms with Crippen molar-refractivity contribution in [3.63, 3.8) is 0 Å². The first-order valence-electron chi connectivity index (χ1n) is 13.6. The number of rotatable bonds is 11. The fraction of sp³-hybridized carbons (Fsp3) is 0.333. The predicted octanol–water partition coefficient (Wildman–Crippen LogP) is 5.76. The first-order valence-corrected chi connectivity index (χ1v) is 15.3. The molecule has 0 radical (unpaired) electrons. The maximum Gasteiger partial charge on any atom is 0.231 e. The number of aromatic nitrogens is 4. The van der Waals surface area contributed by atoms with Gasteiger partial charge in [-0.3, -0.25) is 4.98 Å². The predicted molar refractivity (Wildman–Crippen MR) is 167 cm³/mol. The van der Waals surface area contributed by atoms with E-state index in [0.717, 1.165) is 31.1 Å². The molecule has 1 aromatic carbocycles. The molecule has 208 valence electrons. The van der Waals surface area contributed by atoms with Gasteiger partial charge in [-0.25, -0.2) is 0 Å². The van der Waals surface area contributed by atoms with E-state index >= 15 is 0 Å². The normalized spacial score (nSPS) is 16.2. The highest BCUT2D eigenvalue weighted by Gasteiger charge is 2.27. The molecule has 0 saturated carbocycles. The second-order valence-corrected chi connectivity index (χ2v) is 11.7. The molecule has 8 nitrogen and oxygen atoms in total. The largest absolute Gasteiger partial charge is 0.368 e. The molecule has 2 N–H and O–H groups in total. The van der Waals surface area contributed by atoms with Gasteiger partial charge in [0, 0.05) is 66.0 Å². The minimum absolute atomic E-state index is 0.0258. The third-order valence-electron chi connectivity index (χ3n) is 7.09. The summed E-state index contributed by atoms with van der Waals surface area (Å²) in [4.78, 5) is 25.9. The molecular weight excluding hydrogens is 537 g/mol. The minimum Gasteiger partial charge on any atom is -0.368 e. The summed E-state index contributed by atoms with van der Waals surface area (Å²) in [5.41, 5.74) is 1.20. The van der Waals surface area contributed by atoms with Crippen LogP contribution in [0.2, 0.25) is 0 Å². The average molecular weight is 573 g/mol. The summed E-state index contributed by atoms with van der Waals surface area (Å²) in [5, 5.41) is 9.99. The Morgan fingerprint density at radius 3 is 2.35 bits per heavy atom. The van der Waals surface area contributed by atoms with Crippen molar-refractivity contribution in [3.8, 4) is 0 Å². The summed E-state index contributed by atoms with van der Waals surface area (Å²) < 4.78 is 0. The SMILES string of the molecule is CC=CC(Nc1nc(Sc2ccccc2)nc(N2CCN(c3ccncc3)CC2)n1)C(C)C(NC)c1cccs1. The molecule has 1 aliphatic rings. The smallest absolute Gasteiger partial charge is 0.231 e. The van der Waals surface area contributed by atoms with E-state index in [9.17, 15) is 0 Å². The van der Waals surface area contributed by atoms with E-state index in [4.69, 9.17) is 15.0 Å². The Hall–Kier alpha value is -3.47. The Morgan fingerprint density at radius 2 is 1.68 bits per heavy atom. The van der Waals surface area contributed by atoms with Gasteiger partial charge in [-0.2, -0.15) is 15.0 Å². The van der Waals surface area contributed by atoms with Crippen molar-refractivity contribution >= 4 is 40.7 Å². The van der Waals surface area contributed by atoms with Gasteiger partial charge in [-0.15, -0.1) is 11.3 Å². The van der Waals surface area contributed by atoms with Gasteiger partial charge in [0.15, 0.2) is 5.16 Å². The van der Waals surface area contributed by atoms with Crippen LogP contribution in [0.4, 0.5) is 17.6 Å². The summed E-state index contributed by atoms with van der Waals surface area (Å²) in [7, 11) is 2.02. The number of hydrogen-bond donors (Lipinski definition) is 2. The standard InChI is InChI=1S/C30H36N8S2/c1-4-9-25(22(2)27(31-3)26-12-8-21-39-26)33-28-34-29(36-30(35-28)40-24-10-6-5-7-11-24)38-19-17-37(18-20-38)23-13-15-32-16-14-23/h4-16,21-22,25,27,31H,17-20H2,1-3H3,(H,33,34,35,36). The van der Waals surface area contributed by atoms with Gasteiger partial charge < -0.3 is 20.4 Å². The lowest BCUT2D eigenvalue weighted by Crippen LogP contribution is -2.47. The number of pyridine rings is 1. The fourth-order valence-corrected chi connectivity index (χ4v) is 6.68. The lowest BCUT2D eigenvalue weighted by atomic mass is 9.92. The van der Waals surface area contributed by atoms with Crippen molar-refractivity contribution in [2.24, 2.45) is 5.92 Å². The van der Waals surface area contributed by atoms with Crippen LogP contribution in [0.25, 0.3) is 0 Å². The van der Waals surface area contributed by atoms with Gasteiger partial charge in [0.25, 0.3) is 0 Å². The molecule has 0 bridgehead atoms. The number of nitrogens with zero attached hydrogens (tertiary/aromatic N) is 6. The highest BCUT2D eigenvalue weighted by Crippen LogP contribution is 2.31. The Bertz CT molecular complexity index is 1340. The van der Waals surface area contributed by atoms with Crippen LogP contribution < -0.4 is 20.4 Å². The lowest BCUT2D eigenvalue weighted by molar-refractivity contribution is 0.395. The highest BCUT2D eigenvalue weighted by atomic mass is 32.2. The van der Waals surface area contributed by atoms with E-state index in [1.54, 1.807) is 23.1 Å². The molecule has 5 rings (SSSR count). The van der Waals surface area contributed by atoms with E-state index in [2.05, 4.69) is 93.2 Å². The second kappa shape index (κ2) is 13.7. The first-order chi connectivity index (χ1) is 19.6. The molecular formula is C30H36N8S2. The Labute approximate surface area is 245 Å². The van der Waals surface area contributed by atoms with Crippen molar-refractivity contribution in [1.82, 2.24) is 25.3 Å². The number of thiophene rings is 1. The van der Waals surface area contributed by atoms with Gasteiger partial charge in [-0.05, 0) is 61.4 Å². The molecule has 40 heavy (non-hydrogen) atoms. The van der Waals surface area contributed by atoms with Gasteiger partial charge in [0.2, 0.25) is 11.9 Å². The molecule has 3 aromatic heterocycles. The van der Waals surface area contributed by atoms with Gasteiger partial charge in [-0.1, -0.05) is 43.3 Å². The summed E-state index contributed by atoms with van der Waals surface area (Å²) in [5.74, 6) is 1.55. The summed E-state index contributed by atoms with van der Waals surface area (Å²) in [6.07, 6.45) is 7.98. The van der Waals surface area contributed by atoms with Gasteiger partial charge in [0.05, 0.1) is 6.04 Å². The molecule has 4 aromatic rings. The van der Waals surface area contributed by atoms with Crippen molar-refractivity contribution < 1.29 is 0 Å². The average Bonchev–Trinajstić information content (AvgIpc) is 3.53. The number of nitrogens with one attached hydrogen (secondary N) is 2. The summed E-state index contributed by atoms with van der Waals surface area (Å²) in [6, 6.07) is 18.9. The topological polar surface area (TPSA) is 82.1 Å². The van der Waals surface area contributed by atoms with E-state index in [-0.39, 0.29) is 18.0 Å². The molecule has 1 aliphatic heterocycles. The maximum absolute atomic E-state index is 4.95. The number of hydrogen-bond acceptors (Lipinski definition) is 10. The van der Waals surface area contributed by atoms with Crippen molar-refractivity contribution in [2.75, 3.05) is 48.3 Å². The van der Waals surface area contributed by atoms with E-state index in [1.165, 1.54) is 10.6 Å². The van der Waals surface area contributed by atoms with Gasteiger partial charge >= 0.3 is 0 Å². The molecule has 3 atom stereocenters. The van der Waals surface area contributed by atoms with Crippen molar-refractivity contribution in [2.45, 2.75) is 36.0 Å². The quantitative estimate of drug-likeness (QED) is 0.218. The minimum atomic E-state index is 0.0258. The first kappa shape index (κ1) is 28.1. The summed E-state index contributed by atoms with van der Waals surface area (Å²) >= 11 is 3.34. The molecule has 0 spiro atoms. The van der Waals surface area contributed by atoms with Crippen molar-refractivity contribution in [3.05, 3.63) is 89.4 Å². The zero-order chi connectivity index (χ0) is 27.7. The maximum atomic E-state index is 4.95. The number of allylic oxidation sites excluding steroid dienone is 1. The molecule has 3 unspecified atom stereocenters. The Morgan fingerprint density at radius 1 is 0.925 bits per heavy atom. The molecule has 4 heterocycles. The highest BCUT2D eigenvalue weighted by molar-refractivity contribution is 7.99. The lowest BCUT2D eigenvalue weighted by Gasteiger charge is -2.36. The number of anilines is 3. The van der Waals surface area contributed by atoms with Crippen LogP contribution in [0.5, 0.6) is 0 Å². The van der Waals surface area contributed by atoms with E-state index < -0.39 is 0 Å². The van der Waals surface area contributed by atoms with Crippen LogP contribution >= 0.6 is 23.1 Å². The number of benzene rings is 1. The molecule has 1 fully saturated rings. The molecule has 0 amide bonds. The van der Waals surface area contributed by atoms with Crippen LogP contribution in [0.1, 0.15) is 24.8 Å². The Balaban J connectivity index is 1.40. The van der Waals surface area contributed by atoms with Crippen LogP contribution in [0.3, 0.4) is 0 Å². The van der Waals surface area contributed by atoms with Crippen LogP contribution in [0, 0.1) is 5.92 Å². The molecule has 10 heteroatoms. The van der Waals surface area contributed by atoms with E-state index in [1.807, 2.05) is 37.6 Å². The fourth-order valence-electron chi connectivity index (χ4n) is 4.96. The zero-order valence-electron chi connectivity index (χ0n) is 23.1. The van der Waals surface area contributed by atoms with Crippen LogP contribution in [-0.2, 0) is 0 Å². The molecule has 0 aliphatic carbocycles. The number of piperazine rings is 1. The third-order valence-corrected chi connectivity index (χ3v) is 8.92. The Kier molecular flexibility index (Phi) is 9.64. The van der Waals surface area contributed by atoms with Crippen LogP contribution in [-0.4, -0.2) is 59.2 Å². The second-order valence-electron chi connectivity index (χ2n) is 9.67. The molecule has 1 saturated heterocycles. The van der Waals surface area contributed by atoms with Crippen molar-refractivity contribution in [1.29, 1.82) is 0 Å². The zero-order valence-corrected chi connectivity index (χ0v) is 24.8. The van der Waals surface area contributed by atoms with Gasteiger partial charge in [0.1, 0.15) is 0 Å². The van der Waals surface area contributed by atoms with Crippen LogP contribution in [0.15, 0.2) is 94.6 Å². The summed E-state index contributed by atoms with van der Waals surface area (Å²) in [6.45, 7) is 7.76. The third kappa shape index (κ3) is 6.99.